The van der Waals surface area contributed by atoms with E-state index < -0.39 is 0 Å². The predicted octanol–water partition coefficient (Wildman–Crippen LogP) is 15.1. The van der Waals surface area contributed by atoms with E-state index in [0.29, 0.717) is 0 Å². The maximum Gasteiger partial charge on any atom is 0.0561 e. The van der Waals surface area contributed by atoms with Crippen LogP contribution in [0.5, 0.6) is 0 Å². The first-order valence-corrected chi connectivity index (χ1v) is 19.6. The van der Waals surface area contributed by atoms with Gasteiger partial charge in [0.25, 0.3) is 0 Å². The van der Waals surface area contributed by atoms with Crippen LogP contribution in [0, 0.1) is 0 Å². The summed E-state index contributed by atoms with van der Waals surface area (Å²) in [4.78, 5) is 2.43. The van der Waals surface area contributed by atoms with Crippen LogP contribution in [0.3, 0.4) is 0 Å². The number of fused-ring (bicyclic) bond motifs is 7. The van der Waals surface area contributed by atoms with Crippen molar-refractivity contribution in [3.63, 3.8) is 0 Å². The Morgan fingerprint density at radius 1 is 0.364 bits per heavy atom. The minimum atomic E-state index is 1.10. The molecule has 55 heavy (non-hydrogen) atoms. The van der Waals surface area contributed by atoms with Gasteiger partial charge < -0.3 is 9.47 Å². The van der Waals surface area contributed by atoms with Crippen LogP contribution in [0.2, 0.25) is 0 Å². The predicted molar refractivity (Wildman–Crippen MR) is 237 cm³/mol. The van der Waals surface area contributed by atoms with E-state index in [4.69, 9.17) is 0 Å². The minimum absolute atomic E-state index is 1.10. The minimum Gasteiger partial charge on any atom is -0.310 e. The van der Waals surface area contributed by atoms with Crippen LogP contribution in [-0.2, 0) is 0 Å². The summed E-state index contributed by atoms with van der Waals surface area (Å²) in [6.45, 7) is 0. The Hall–Kier alpha value is -6.94. The Morgan fingerprint density at radius 3 is 1.89 bits per heavy atom. The Morgan fingerprint density at radius 2 is 1.00 bits per heavy atom. The topological polar surface area (TPSA) is 8.17 Å². The van der Waals surface area contributed by atoms with E-state index >= 15 is 0 Å². The van der Waals surface area contributed by atoms with Crippen molar-refractivity contribution in [3.8, 4) is 27.9 Å². The zero-order chi connectivity index (χ0) is 36.3. The largest absolute Gasteiger partial charge is 0.310 e. The molecule has 0 saturated heterocycles. The first-order chi connectivity index (χ1) is 27.3. The van der Waals surface area contributed by atoms with Crippen LogP contribution >= 0.6 is 11.3 Å². The van der Waals surface area contributed by atoms with E-state index in [-0.39, 0.29) is 0 Å². The summed E-state index contributed by atoms with van der Waals surface area (Å²) in [5.74, 6) is 0. The third-order valence-corrected chi connectivity index (χ3v) is 12.1. The van der Waals surface area contributed by atoms with Crippen LogP contribution in [0.4, 0.5) is 17.1 Å². The van der Waals surface area contributed by atoms with Gasteiger partial charge in [-0.1, -0.05) is 140 Å². The number of rotatable bonds is 6. The number of benzene rings is 9. The lowest BCUT2D eigenvalue weighted by atomic mass is 9.96. The molecule has 2 aromatic heterocycles. The third-order valence-electron chi connectivity index (χ3n) is 11.0. The normalized spacial score (nSPS) is 11.6. The highest BCUT2D eigenvalue weighted by Crippen LogP contribution is 2.45. The average molecular weight is 719 g/mol. The number of hydrogen-bond donors (Lipinski definition) is 0. The summed E-state index contributed by atoms with van der Waals surface area (Å²) < 4.78 is 5.05. The number of anilines is 3. The third kappa shape index (κ3) is 5.24. The second kappa shape index (κ2) is 12.9. The second-order valence-corrected chi connectivity index (χ2v) is 15.2. The van der Waals surface area contributed by atoms with Crippen molar-refractivity contribution in [2.24, 2.45) is 0 Å². The van der Waals surface area contributed by atoms with Gasteiger partial charge in [-0.3, -0.25) is 0 Å². The molecule has 258 valence electrons. The lowest BCUT2D eigenvalue weighted by Gasteiger charge is -2.28. The lowest BCUT2D eigenvalue weighted by Crippen LogP contribution is -2.11. The molecule has 0 aliphatic carbocycles. The molecule has 0 amide bonds. The molecule has 2 heterocycles. The van der Waals surface area contributed by atoms with Crippen molar-refractivity contribution < 1.29 is 0 Å². The summed E-state index contributed by atoms with van der Waals surface area (Å²) in [6.07, 6.45) is 0. The smallest absolute Gasteiger partial charge is 0.0561 e. The van der Waals surface area contributed by atoms with Crippen molar-refractivity contribution in [1.29, 1.82) is 0 Å². The average Bonchev–Trinajstić information content (AvgIpc) is 3.79. The van der Waals surface area contributed by atoms with Gasteiger partial charge in [-0.15, -0.1) is 11.3 Å². The van der Waals surface area contributed by atoms with Gasteiger partial charge in [-0.25, -0.2) is 0 Å². The first kappa shape index (κ1) is 31.6. The molecule has 0 unspecified atom stereocenters. The Bertz CT molecular complexity index is 3200. The summed E-state index contributed by atoms with van der Waals surface area (Å²) in [5, 5.41) is 7.58. The molecule has 11 aromatic rings. The van der Waals surface area contributed by atoms with Crippen molar-refractivity contribution >= 4 is 81.1 Å². The lowest BCUT2D eigenvalue weighted by molar-refractivity contribution is 1.18. The van der Waals surface area contributed by atoms with Crippen molar-refractivity contribution in [2.75, 3.05) is 4.90 Å². The molecule has 0 fully saturated rings. The summed E-state index contributed by atoms with van der Waals surface area (Å²) in [7, 11) is 0. The molecule has 0 spiro atoms. The highest BCUT2D eigenvalue weighted by atomic mass is 32.1. The standard InChI is InChI=1S/C52H34N2S/c1-2-15-38(16-3-1)54-49-23-10-7-19-44(49)45-31-30-40(34-50(45)54)53(48-22-9-6-18-43(48)42-21-12-14-36-13-4-5-17-41(36)42)39-28-25-35(26-29-39)37-27-32-52-47(33-37)46-20-8-11-24-51(46)55-52/h1-34H. The number of para-hydroxylation sites is 3. The zero-order valence-corrected chi connectivity index (χ0v) is 30.7. The summed E-state index contributed by atoms with van der Waals surface area (Å²) in [6, 6.07) is 75.3. The number of nitrogens with zero attached hydrogens (tertiary/aromatic N) is 2. The maximum atomic E-state index is 2.43. The highest BCUT2D eigenvalue weighted by Gasteiger charge is 2.21. The monoisotopic (exact) mass is 718 g/mol. The number of aromatic nitrogens is 1. The Labute approximate surface area is 323 Å². The van der Waals surface area contributed by atoms with Gasteiger partial charge in [-0.2, -0.15) is 0 Å². The van der Waals surface area contributed by atoms with Crippen LogP contribution in [0.1, 0.15) is 0 Å². The van der Waals surface area contributed by atoms with Crippen LogP contribution in [-0.4, -0.2) is 4.57 Å². The van der Waals surface area contributed by atoms with Gasteiger partial charge in [-0.05, 0) is 94.2 Å². The van der Waals surface area contributed by atoms with E-state index in [2.05, 4.69) is 216 Å². The van der Waals surface area contributed by atoms with E-state index in [1.165, 1.54) is 75.0 Å². The van der Waals surface area contributed by atoms with E-state index in [9.17, 15) is 0 Å². The molecule has 3 heteroatoms. The molecule has 9 aromatic carbocycles. The summed E-state index contributed by atoms with van der Waals surface area (Å²) in [5.41, 5.74) is 11.6. The molecule has 0 radical (unpaired) electrons. The van der Waals surface area contributed by atoms with Gasteiger partial charge in [0.15, 0.2) is 0 Å². The fourth-order valence-electron chi connectivity index (χ4n) is 8.45. The SMILES string of the molecule is c1ccc(-n2c3ccccc3c3ccc(N(c4ccc(-c5ccc6sc7ccccc7c6c5)cc4)c4ccccc4-c4cccc5ccccc45)cc32)cc1. The molecule has 0 aliphatic heterocycles. The van der Waals surface area contributed by atoms with Crippen molar-refractivity contribution in [3.05, 3.63) is 206 Å². The van der Waals surface area contributed by atoms with Gasteiger partial charge in [0.1, 0.15) is 0 Å². The molecule has 0 atom stereocenters. The van der Waals surface area contributed by atoms with Gasteiger partial charge in [0.05, 0.1) is 16.7 Å². The fourth-order valence-corrected chi connectivity index (χ4v) is 9.53. The van der Waals surface area contributed by atoms with Gasteiger partial charge in [0, 0.05) is 53.6 Å². The van der Waals surface area contributed by atoms with E-state index in [1.807, 2.05) is 11.3 Å². The Kier molecular flexibility index (Phi) is 7.39. The molecule has 0 saturated carbocycles. The Balaban J connectivity index is 1.12. The molecule has 2 nitrogen and oxygen atoms in total. The number of hydrogen-bond acceptors (Lipinski definition) is 2. The van der Waals surface area contributed by atoms with Crippen molar-refractivity contribution in [2.45, 2.75) is 0 Å². The van der Waals surface area contributed by atoms with E-state index in [0.717, 1.165) is 22.7 Å². The molecule has 11 rings (SSSR count). The van der Waals surface area contributed by atoms with Crippen LogP contribution in [0.15, 0.2) is 206 Å². The maximum absolute atomic E-state index is 2.43. The first-order valence-electron chi connectivity index (χ1n) is 18.8. The van der Waals surface area contributed by atoms with Gasteiger partial charge in [0.2, 0.25) is 0 Å². The molecular formula is C52H34N2S. The van der Waals surface area contributed by atoms with Gasteiger partial charge >= 0.3 is 0 Å². The number of thiophene rings is 1. The highest BCUT2D eigenvalue weighted by molar-refractivity contribution is 7.25. The fraction of sp³-hybridized carbons (Fsp3) is 0. The van der Waals surface area contributed by atoms with Crippen molar-refractivity contribution in [1.82, 2.24) is 4.57 Å². The van der Waals surface area contributed by atoms with Crippen LogP contribution in [0.25, 0.3) is 80.7 Å². The molecule has 0 aliphatic rings. The van der Waals surface area contributed by atoms with Crippen LogP contribution < -0.4 is 4.90 Å². The molecular weight excluding hydrogens is 685 g/mol. The quantitative estimate of drug-likeness (QED) is 0.166. The summed E-state index contributed by atoms with van der Waals surface area (Å²) >= 11 is 1.86. The second-order valence-electron chi connectivity index (χ2n) is 14.1. The zero-order valence-electron chi connectivity index (χ0n) is 29.9. The van der Waals surface area contributed by atoms with E-state index in [1.54, 1.807) is 0 Å². The molecule has 0 bridgehead atoms. The molecule has 0 N–H and O–H groups in total.